The van der Waals surface area contributed by atoms with Gasteiger partial charge in [0.05, 0.1) is 11.5 Å². The number of nitrogens with zero attached hydrogens (tertiary/aromatic N) is 1. The summed E-state index contributed by atoms with van der Waals surface area (Å²) in [7, 11) is 0. The van der Waals surface area contributed by atoms with Crippen LogP contribution in [-0.4, -0.2) is 41.3 Å². The molecule has 0 aromatic heterocycles. The molecule has 102 valence electrons. The van der Waals surface area contributed by atoms with E-state index in [4.69, 9.17) is 4.74 Å². The van der Waals surface area contributed by atoms with Gasteiger partial charge in [-0.3, -0.25) is 4.79 Å². The molecule has 0 bridgehead atoms. The van der Waals surface area contributed by atoms with E-state index < -0.39 is 17.5 Å². The fraction of sp³-hybridized carbons (Fsp3) is 0.692. The molecule has 5 nitrogen and oxygen atoms in total. The predicted molar refractivity (Wildman–Crippen MR) is 67.3 cm³/mol. The molecule has 1 saturated heterocycles. The van der Waals surface area contributed by atoms with Crippen LogP contribution in [0.25, 0.3) is 0 Å². The zero-order chi connectivity index (χ0) is 13.8. The quantitative estimate of drug-likeness (QED) is 0.782. The van der Waals surface area contributed by atoms with Gasteiger partial charge in [0.1, 0.15) is 6.61 Å². The van der Waals surface area contributed by atoms with Crippen molar-refractivity contribution in [2.24, 2.45) is 5.41 Å². The van der Waals surface area contributed by atoms with Crippen LogP contribution < -0.4 is 0 Å². The van der Waals surface area contributed by atoms with Crippen molar-refractivity contribution in [3.63, 3.8) is 0 Å². The Morgan fingerprint density at radius 3 is 2.72 bits per heavy atom. The molecule has 0 aromatic rings. The summed E-state index contributed by atoms with van der Waals surface area (Å²) < 4.78 is 5.01. The topological polar surface area (TPSA) is 66.8 Å². The van der Waals surface area contributed by atoms with E-state index in [0.29, 0.717) is 13.0 Å². The van der Waals surface area contributed by atoms with E-state index in [1.165, 1.54) is 6.08 Å². The number of rotatable bonds is 4. The van der Waals surface area contributed by atoms with Crippen molar-refractivity contribution in [1.82, 2.24) is 4.90 Å². The van der Waals surface area contributed by atoms with Crippen molar-refractivity contribution in [3.8, 4) is 0 Å². The largest absolute Gasteiger partial charge is 0.481 e. The van der Waals surface area contributed by atoms with E-state index in [1.54, 1.807) is 18.7 Å². The van der Waals surface area contributed by atoms with Crippen molar-refractivity contribution in [2.45, 2.75) is 39.2 Å². The number of carboxylic acids is 1. The van der Waals surface area contributed by atoms with Gasteiger partial charge in [-0.05, 0) is 33.1 Å². The Bertz CT molecular complexity index is 338. The summed E-state index contributed by atoms with van der Waals surface area (Å²) in [4.78, 5) is 24.7. The summed E-state index contributed by atoms with van der Waals surface area (Å²) >= 11 is 0. The second-order valence-corrected chi connectivity index (χ2v) is 5.10. The van der Waals surface area contributed by atoms with Crippen molar-refractivity contribution < 1.29 is 19.4 Å². The van der Waals surface area contributed by atoms with Crippen molar-refractivity contribution in [3.05, 3.63) is 12.7 Å². The highest BCUT2D eigenvalue weighted by atomic mass is 16.6. The fourth-order valence-electron chi connectivity index (χ4n) is 2.26. The Balaban J connectivity index is 2.82. The summed E-state index contributed by atoms with van der Waals surface area (Å²) in [6, 6.07) is -0.318. The lowest BCUT2D eigenvalue weighted by molar-refractivity contribution is -0.151. The maximum Gasteiger partial charge on any atom is 0.410 e. The van der Waals surface area contributed by atoms with Crippen LogP contribution in [0, 0.1) is 5.41 Å². The average Bonchev–Trinajstić information content (AvgIpc) is 2.35. The number of aliphatic carboxylic acids is 1. The van der Waals surface area contributed by atoms with Crippen LogP contribution in [0.3, 0.4) is 0 Å². The van der Waals surface area contributed by atoms with Gasteiger partial charge in [0.2, 0.25) is 0 Å². The van der Waals surface area contributed by atoms with E-state index in [0.717, 1.165) is 12.8 Å². The first-order valence-electron chi connectivity index (χ1n) is 6.19. The normalized spacial score (nSPS) is 20.3. The van der Waals surface area contributed by atoms with Crippen molar-refractivity contribution in [1.29, 1.82) is 0 Å². The molecule has 18 heavy (non-hydrogen) atoms. The molecule has 0 saturated carbocycles. The summed E-state index contributed by atoms with van der Waals surface area (Å²) in [5, 5.41) is 9.27. The number of ether oxygens (including phenoxy) is 1. The second kappa shape index (κ2) is 5.89. The molecule has 1 N–H and O–H groups in total. The standard InChI is InChI=1S/C13H21NO4/c1-4-9-18-12(17)14-8-6-5-7-10(14)13(2,3)11(15)16/h4,10H,1,5-9H2,2-3H3,(H,15,16). The number of amides is 1. The van der Waals surface area contributed by atoms with Gasteiger partial charge in [-0.2, -0.15) is 0 Å². The molecule has 0 radical (unpaired) electrons. The molecular weight excluding hydrogens is 234 g/mol. The molecule has 0 spiro atoms. The predicted octanol–water partition coefficient (Wildman–Crippen LogP) is 2.27. The minimum absolute atomic E-state index is 0.148. The minimum atomic E-state index is -0.965. The van der Waals surface area contributed by atoms with Gasteiger partial charge >= 0.3 is 12.1 Å². The Labute approximate surface area is 107 Å². The highest BCUT2D eigenvalue weighted by Gasteiger charge is 2.43. The lowest BCUT2D eigenvalue weighted by atomic mass is 9.79. The summed E-state index contributed by atoms with van der Waals surface area (Å²) in [6.45, 7) is 7.49. The first-order chi connectivity index (χ1) is 8.41. The number of hydrogen-bond donors (Lipinski definition) is 1. The highest BCUT2D eigenvalue weighted by Crippen LogP contribution is 2.33. The average molecular weight is 255 g/mol. The molecule has 1 unspecified atom stereocenters. The molecule has 1 rings (SSSR count). The monoisotopic (exact) mass is 255 g/mol. The van der Waals surface area contributed by atoms with E-state index >= 15 is 0 Å². The summed E-state index contributed by atoms with van der Waals surface area (Å²) in [5.74, 6) is -0.893. The number of carboxylic acid groups (broad SMARTS) is 1. The molecule has 0 aliphatic carbocycles. The van der Waals surface area contributed by atoms with Crippen LogP contribution in [0.5, 0.6) is 0 Å². The minimum Gasteiger partial charge on any atom is -0.481 e. The number of hydrogen-bond acceptors (Lipinski definition) is 3. The van der Waals surface area contributed by atoms with Crippen LogP contribution >= 0.6 is 0 Å². The lowest BCUT2D eigenvalue weighted by Crippen LogP contribution is -2.53. The summed E-state index contributed by atoms with van der Waals surface area (Å²) in [5.41, 5.74) is -0.965. The third kappa shape index (κ3) is 3.03. The Morgan fingerprint density at radius 2 is 2.17 bits per heavy atom. The lowest BCUT2D eigenvalue weighted by Gasteiger charge is -2.41. The third-order valence-electron chi connectivity index (χ3n) is 3.45. The van der Waals surface area contributed by atoms with Gasteiger partial charge < -0.3 is 14.7 Å². The van der Waals surface area contributed by atoms with Crippen LogP contribution in [0.15, 0.2) is 12.7 Å². The van der Waals surface area contributed by atoms with Gasteiger partial charge in [0.25, 0.3) is 0 Å². The maximum absolute atomic E-state index is 11.9. The van der Waals surface area contributed by atoms with Gasteiger partial charge in [0, 0.05) is 6.54 Å². The van der Waals surface area contributed by atoms with Crippen LogP contribution in [0.4, 0.5) is 4.79 Å². The van der Waals surface area contributed by atoms with Gasteiger partial charge in [-0.1, -0.05) is 12.7 Å². The molecular formula is C13H21NO4. The fourth-order valence-corrected chi connectivity index (χ4v) is 2.26. The molecule has 0 aromatic carbocycles. The molecule has 1 fully saturated rings. The molecule has 1 amide bonds. The second-order valence-electron chi connectivity index (χ2n) is 5.10. The van der Waals surface area contributed by atoms with Crippen molar-refractivity contribution >= 4 is 12.1 Å². The van der Waals surface area contributed by atoms with Gasteiger partial charge in [-0.25, -0.2) is 4.79 Å². The van der Waals surface area contributed by atoms with E-state index in [9.17, 15) is 14.7 Å². The molecule has 5 heteroatoms. The van der Waals surface area contributed by atoms with Gasteiger partial charge in [0.15, 0.2) is 0 Å². The number of carbonyl (C=O) groups excluding carboxylic acids is 1. The van der Waals surface area contributed by atoms with E-state index in [1.807, 2.05) is 0 Å². The Hall–Kier alpha value is -1.52. The molecule has 1 aliphatic heterocycles. The first kappa shape index (κ1) is 14.5. The van der Waals surface area contributed by atoms with E-state index in [-0.39, 0.29) is 12.6 Å². The van der Waals surface area contributed by atoms with Gasteiger partial charge in [-0.15, -0.1) is 0 Å². The zero-order valence-electron chi connectivity index (χ0n) is 11.0. The molecule has 1 aliphatic rings. The first-order valence-corrected chi connectivity index (χ1v) is 6.19. The summed E-state index contributed by atoms with van der Waals surface area (Å²) in [6.07, 6.45) is 3.57. The van der Waals surface area contributed by atoms with Crippen LogP contribution in [0.2, 0.25) is 0 Å². The zero-order valence-corrected chi connectivity index (χ0v) is 11.0. The third-order valence-corrected chi connectivity index (χ3v) is 3.45. The Kier molecular flexibility index (Phi) is 4.76. The van der Waals surface area contributed by atoms with Crippen LogP contribution in [-0.2, 0) is 9.53 Å². The van der Waals surface area contributed by atoms with Crippen LogP contribution in [0.1, 0.15) is 33.1 Å². The van der Waals surface area contributed by atoms with Crippen molar-refractivity contribution in [2.75, 3.05) is 13.2 Å². The number of piperidine rings is 1. The Morgan fingerprint density at radius 1 is 1.50 bits per heavy atom. The number of carbonyl (C=O) groups is 2. The van der Waals surface area contributed by atoms with E-state index in [2.05, 4.69) is 6.58 Å². The highest BCUT2D eigenvalue weighted by molar-refractivity contribution is 5.76. The maximum atomic E-state index is 11.9. The molecule has 1 atom stereocenters. The smallest absolute Gasteiger partial charge is 0.410 e. The number of likely N-dealkylation sites (tertiary alicyclic amines) is 1. The molecule has 1 heterocycles. The SMILES string of the molecule is C=CCOC(=O)N1CCCCC1C(C)(C)C(=O)O.